The van der Waals surface area contributed by atoms with Crippen LogP contribution >= 0.6 is 0 Å². The smallest absolute Gasteiger partial charge is 0.347 e. The number of pyridine rings is 2. The Morgan fingerprint density at radius 3 is 2.00 bits per heavy atom. The maximum atomic E-state index is 12.9. The Morgan fingerprint density at radius 1 is 0.833 bits per heavy atom. The van der Waals surface area contributed by atoms with Crippen molar-refractivity contribution >= 4 is 23.3 Å². The number of esters is 1. The standard InChI is InChI=1S/C25H27N3O2/c1-14-8-19-22(26-12-14)28(23-20(30-24(19)29)9-15(2)13-27-23)21-16(3)10-18(11-17(21)4)25(5,6)7/h8-13H,1-7H3. The summed E-state index contributed by atoms with van der Waals surface area (Å²) in [6, 6.07) is 8.08. The fraction of sp³-hybridized carbons (Fsp3) is 0.320. The number of fused-ring (bicyclic) bond motifs is 2. The monoisotopic (exact) mass is 401 g/mol. The average molecular weight is 402 g/mol. The molecule has 5 nitrogen and oxygen atoms in total. The van der Waals surface area contributed by atoms with E-state index in [0.717, 1.165) is 27.9 Å². The van der Waals surface area contributed by atoms with Gasteiger partial charge in [-0.2, -0.15) is 0 Å². The van der Waals surface area contributed by atoms with Crippen molar-refractivity contribution < 1.29 is 9.53 Å². The number of benzene rings is 1. The lowest BCUT2D eigenvalue weighted by atomic mass is 9.84. The van der Waals surface area contributed by atoms with Crippen LogP contribution in [-0.2, 0) is 5.41 Å². The van der Waals surface area contributed by atoms with Crippen molar-refractivity contribution in [2.75, 3.05) is 4.90 Å². The Hall–Kier alpha value is -3.21. The molecule has 1 aliphatic rings. The first-order valence-corrected chi connectivity index (χ1v) is 10.1. The van der Waals surface area contributed by atoms with Gasteiger partial charge < -0.3 is 4.74 Å². The van der Waals surface area contributed by atoms with E-state index in [4.69, 9.17) is 4.74 Å². The predicted molar refractivity (Wildman–Crippen MR) is 119 cm³/mol. The molecule has 1 aliphatic heterocycles. The van der Waals surface area contributed by atoms with Gasteiger partial charge in [0.1, 0.15) is 5.56 Å². The van der Waals surface area contributed by atoms with E-state index in [1.807, 2.05) is 30.9 Å². The third kappa shape index (κ3) is 3.34. The van der Waals surface area contributed by atoms with E-state index in [-0.39, 0.29) is 5.41 Å². The van der Waals surface area contributed by atoms with Crippen LogP contribution in [0.2, 0.25) is 0 Å². The molecule has 0 unspecified atom stereocenters. The first-order valence-electron chi connectivity index (χ1n) is 10.1. The van der Waals surface area contributed by atoms with Crippen molar-refractivity contribution in [1.82, 2.24) is 9.97 Å². The molecule has 0 amide bonds. The SMILES string of the molecule is Cc1cnc2c(c1)OC(=O)c1cc(C)cnc1N2c1c(C)cc(C(C)(C)C)cc1C. The van der Waals surface area contributed by atoms with E-state index in [1.165, 1.54) is 5.56 Å². The summed E-state index contributed by atoms with van der Waals surface area (Å²) in [5, 5.41) is 0. The van der Waals surface area contributed by atoms with Gasteiger partial charge >= 0.3 is 5.97 Å². The molecule has 0 radical (unpaired) electrons. The Morgan fingerprint density at radius 2 is 1.40 bits per heavy atom. The Balaban J connectivity index is 2.05. The van der Waals surface area contributed by atoms with E-state index in [2.05, 4.69) is 56.7 Å². The number of hydrogen-bond acceptors (Lipinski definition) is 5. The van der Waals surface area contributed by atoms with Crippen LogP contribution in [0.5, 0.6) is 5.75 Å². The van der Waals surface area contributed by atoms with E-state index >= 15 is 0 Å². The van der Waals surface area contributed by atoms with Gasteiger partial charge in [-0.3, -0.25) is 4.90 Å². The molecule has 3 heterocycles. The lowest BCUT2D eigenvalue weighted by Crippen LogP contribution is -2.19. The normalized spacial score (nSPS) is 13.4. The summed E-state index contributed by atoms with van der Waals surface area (Å²) in [4.78, 5) is 24.2. The Labute approximate surface area is 177 Å². The van der Waals surface area contributed by atoms with Crippen molar-refractivity contribution in [3.8, 4) is 5.75 Å². The van der Waals surface area contributed by atoms with Crippen LogP contribution in [0.3, 0.4) is 0 Å². The van der Waals surface area contributed by atoms with Crippen LogP contribution in [0.15, 0.2) is 36.7 Å². The van der Waals surface area contributed by atoms with E-state index in [9.17, 15) is 4.79 Å². The van der Waals surface area contributed by atoms with Crippen molar-refractivity contribution in [3.05, 3.63) is 70.0 Å². The summed E-state index contributed by atoms with van der Waals surface area (Å²) in [6.07, 6.45) is 3.56. The topological polar surface area (TPSA) is 55.3 Å². The zero-order valence-electron chi connectivity index (χ0n) is 18.6. The van der Waals surface area contributed by atoms with Crippen LogP contribution < -0.4 is 9.64 Å². The minimum absolute atomic E-state index is 0.0342. The number of nitrogens with zero attached hydrogens (tertiary/aromatic N) is 3. The molecule has 0 aliphatic carbocycles. The highest BCUT2D eigenvalue weighted by atomic mass is 16.5. The fourth-order valence-electron chi connectivity index (χ4n) is 3.88. The van der Waals surface area contributed by atoms with Crippen LogP contribution in [0.1, 0.15) is 58.9 Å². The third-order valence-electron chi connectivity index (χ3n) is 5.40. The van der Waals surface area contributed by atoms with E-state index < -0.39 is 5.97 Å². The van der Waals surface area contributed by atoms with Crippen molar-refractivity contribution in [2.24, 2.45) is 0 Å². The van der Waals surface area contributed by atoms with Gasteiger partial charge in [0, 0.05) is 12.4 Å². The molecule has 2 aromatic heterocycles. The molecule has 0 atom stereocenters. The first kappa shape index (κ1) is 20.1. The molecule has 0 saturated carbocycles. The molecular formula is C25H27N3O2. The quantitative estimate of drug-likeness (QED) is 0.467. The molecule has 0 spiro atoms. The largest absolute Gasteiger partial charge is 0.419 e. The lowest BCUT2D eigenvalue weighted by molar-refractivity contribution is 0.0738. The molecule has 1 aromatic carbocycles. The van der Waals surface area contributed by atoms with Crippen molar-refractivity contribution in [3.63, 3.8) is 0 Å². The second-order valence-electron chi connectivity index (χ2n) is 9.15. The second kappa shape index (κ2) is 6.94. The molecule has 4 rings (SSSR count). The first-order chi connectivity index (χ1) is 14.1. The maximum absolute atomic E-state index is 12.9. The van der Waals surface area contributed by atoms with Crippen molar-refractivity contribution in [2.45, 2.75) is 53.9 Å². The van der Waals surface area contributed by atoms with Crippen LogP contribution in [0, 0.1) is 27.7 Å². The zero-order valence-corrected chi connectivity index (χ0v) is 18.6. The van der Waals surface area contributed by atoms with Gasteiger partial charge in [0.25, 0.3) is 0 Å². The highest BCUT2D eigenvalue weighted by Crippen LogP contribution is 2.45. The fourth-order valence-corrected chi connectivity index (χ4v) is 3.88. The molecule has 3 aromatic rings. The number of anilines is 3. The van der Waals surface area contributed by atoms with Gasteiger partial charge in [-0.1, -0.05) is 32.9 Å². The number of aryl methyl sites for hydroxylation is 4. The van der Waals surface area contributed by atoms with Gasteiger partial charge in [-0.05, 0) is 73.1 Å². The summed E-state index contributed by atoms with van der Waals surface area (Å²) < 4.78 is 5.75. The number of carbonyl (C=O) groups is 1. The number of hydrogen-bond donors (Lipinski definition) is 0. The molecule has 0 N–H and O–H groups in total. The minimum Gasteiger partial charge on any atom is -0.419 e. The molecule has 5 heteroatoms. The van der Waals surface area contributed by atoms with Crippen LogP contribution in [-0.4, -0.2) is 15.9 Å². The molecule has 0 saturated heterocycles. The lowest BCUT2D eigenvalue weighted by Gasteiger charge is -2.29. The molecule has 154 valence electrons. The van der Waals surface area contributed by atoms with Crippen LogP contribution in [0.4, 0.5) is 17.3 Å². The zero-order chi connectivity index (χ0) is 21.8. The van der Waals surface area contributed by atoms with Gasteiger partial charge in [-0.25, -0.2) is 14.8 Å². The number of rotatable bonds is 1. The highest BCUT2D eigenvalue weighted by Gasteiger charge is 2.32. The molecular weight excluding hydrogens is 374 g/mol. The third-order valence-corrected chi connectivity index (χ3v) is 5.40. The second-order valence-corrected chi connectivity index (χ2v) is 9.15. The summed E-state index contributed by atoms with van der Waals surface area (Å²) in [7, 11) is 0. The summed E-state index contributed by atoms with van der Waals surface area (Å²) in [6.45, 7) is 14.6. The number of aromatic nitrogens is 2. The summed E-state index contributed by atoms with van der Waals surface area (Å²) in [5.41, 5.74) is 6.71. The van der Waals surface area contributed by atoms with Gasteiger partial charge in [0.15, 0.2) is 17.4 Å². The predicted octanol–water partition coefficient (Wildman–Crippen LogP) is 6.01. The van der Waals surface area contributed by atoms with E-state index in [1.54, 1.807) is 12.4 Å². The van der Waals surface area contributed by atoms with Crippen LogP contribution in [0.25, 0.3) is 0 Å². The average Bonchev–Trinajstić information content (AvgIpc) is 2.75. The number of carbonyl (C=O) groups excluding carboxylic acids is 1. The molecule has 30 heavy (non-hydrogen) atoms. The number of ether oxygens (including phenoxy) is 1. The van der Waals surface area contributed by atoms with Gasteiger partial charge in [0.2, 0.25) is 0 Å². The minimum atomic E-state index is -0.418. The maximum Gasteiger partial charge on any atom is 0.347 e. The van der Waals surface area contributed by atoms with Gasteiger partial charge in [0.05, 0.1) is 5.69 Å². The Kier molecular flexibility index (Phi) is 4.64. The highest BCUT2D eigenvalue weighted by molar-refractivity contribution is 6.01. The molecule has 0 fully saturated rings. The molecule has 0 bridgehead atoms. The summed E-state index contributed by atoms with van der Waals surface area (Å²) in [5.74, 6) is 1.13. The summed E-state index contributed by atoms with van der Waals surface area (Å²) >= 11 is 0. The van der Waals surface area contributed by atoms with Crippen molar-refractivity contribution in [1.29, 1.82) is 0 Å². The van der Waals surface area contributed by atoms with Gasteiger partial charge in [-0.15, -0.1) is 0 Å². The van der Waals surface area contributed by atoms with E-state index in [0.29, 0.717) is 22.9 Å². The Bertz CT molecular complexity index is 1150.